The topological polar surface area (TPSA) is 52.0 Å². The molecule has 3 heterocycles. The van der Waals surface area contributed by atoms with Gasteiger partial charge in [-0.3, -0.25) is 0 Å². The monoisotopic (exact) mass is 250 g/mol. The molecule has 1 saturated heterocycles. The van der Waals surface area contributed by atoms with Crippen molar-refractivity contribution in [1.29, 1.82) is 0 Å². The number of ether oxygens (including phenoxy) is 1. The average molecular weight is 250 g/mol. The third kappa shape index (κ3) is 2.42. The summed E-state index contributed by atoms with van der Waals surface area (Å²) in [5, 5.41) is 12.3. The van der Waals surface area contributed by atoms with Crippen LogP contribution in [0.1, 0.15) is 44.3 Å². The SMILES string of the molecule is CC1(NCc2nnc3n2CCCC3)CCOCC1. The van der Waals surface area contributed by atoms with Crippen molar-refractivity contribution in [3.8, 4) is 0 Å². The molecule has 2 aliphatic heterocycles. The normalized spacial score (nSPS) is 22.7. The molecular formula is C13H22N4O. The van der Waals surface area contributed by atoms with Crippen LogP contribution in [-0.2, 0) is 24.2 Å². The fraction of sp³-hybridized carbons (Fsp3) is 0.846. The summed E-state index contributed by atoms with van der Waals surface area (Å²) < 4.78 is 7.71. The minimum atomic E-state index is 0.194. The van der Waals surface area contributed by atoms with Gasteiger partial charge < -0.3 is 14.6 Å². The van der Waals surface area contributed by atoms with Gasteiger partial charge in [-0.2, -0.15) is 0 Å². The Morgan fingerprint density at radius 2 is 2.11 bits per heavy atom. The predicted octanol–water partition coefficient (Wildman–Crippen LogP) is 1.27. The zero-order chi connectivity index (χ0) is 12.4. The van der Waals surface area contributed by atoms with E-state index >= 15 is 0 Å². The van der Waals surface area contributed by atoms with E-state index in [0.29, 0.717) is 0 Å². The van der Waals surface area contributed by atoms with Gasteiger partial charge in [0.15, 0.2) is 0 Å². The first kappa shape index (κ1) is 12.1. The first-order valence-corrected chi connectivity index (χ1v) is 7.01. The van der Waals surface area contributed by atoms with Crippen LogP contribution in [-0.4, -0.2) is 33.5 Å². The minimum absolute atomic E-state index is 0.194. The Kier molecular flexibility index (Phi) is 3.35. The molecule has 18 heavy (non-hydrogen) atoms. The summed E-state index contributed by atoms with van der Waals surface area (Å²) in [6.07, 6.45) is 5.74. The van der Waals surface area contributed by atoms with Crippen molar-refractivity contribution < 1.29 is 4.74 Å². The Balaban J connectivity index is 1.64. The first-order chi connectivity index (χ1) is 8.77. The van der Waals surface area contributed by atoms with Crippen molar-refractivity contribution in [1.82, 2.24) is 20.1 Å². The smallest absolute Gasteiger partial charge is 0.147 e. The second-order valence-corrected chi connectivity index (χ2v) is 5.67. The highest BCUT2D eigenvalue weighted by molar-refractivity contribution is 5.00. The fourth-order valence-corrected chi connectivity index (χ4v) is 2.79. The summed E-state index contributed by atoms with van der Waals surface area (Å²) in [4.78, 5) is 0. The maximum absolute atomic E-state index is 5.42. The van der Waals surface area contributed by atoms with Crippen LogP contribution in [0.5, 0.6) is 0 Å². The van der Waals surface area contributed by atoms with E-state index in [1.807, 2.05) is 0 Å². The maximum Gasteiger partial charge on any atom is 0.147 e. The number of nitrogens with one attached hydrogen (secondary N) is 1. The summed E-state index contributed by atoms with van der Waals surface area (Å²) in [6, 6.07) is 0. The number of hydrogen-bond acceptors (Lipinski definition) is 4. The van der Waals surface area contributed by atoms with Gasteiger partial charge in [-0.25, -0.2) is 0 Å². The summed E-state index contributed by atoms with van der Waals surface area (Å²) in [6.45, 7) is 5.91. The molecule has 1 fully saturated rings. The zero-order valence-corrected chi connectivity index (χ0v) is 11.1. The second kappa shape index (κ2) is 4.97. The number of hydrogen-bond donors (Lipinski definition) is 1. The van der Waals surface area contributed by atoms with Crippen molar-refractivity contribution in [2.24, 2.45) is 0 Å². The van der Waals surface area contributed by atoms with Crippen molar-refractivity contribution in [3.05, 3.63) is 11.6 Å². The molecule has 5 heteroatoms. The van der Waals surface area contributed by atoms with Gasteiger partial charge in [0.2, 0.25) is 0 Å². The van der Waals surface area contributed by atoms with E-state index in [1.54, 1.807) is 0 Å². The lowest BCUT2D eigenvalue weighted by molar-refractivity contribution is 0.0442. The molecule has 0 saturated carbocycles. The maximum atomic E-state index is 5.42. The van der Waals surface area contributed by atoms with E-state index in [2.05, 4.69) is 27.0 Å². The third-order valence-electron chi connectivity index (χ3n) is 4.21. The quantitative estimate of drug-likeness (QED) is 0.878. The van der Waals surface area contributed by atoms with Gasteiger partial charge in [-0.15, -0.1) is 10.2 Å². The largest absolute Gasteiger partial charge is 0.381 e. The highest BCUT2D eigenvalue weighted by Crippen LogP contribution is 2.21. The molecule has 1 aromatic heterocycles. The molecule has 0 spiro atoms. The van der Waals surface area contributed by atoms with Gasteiger partial charge in [0.1, 0.15) is 11.6 Å². The predicted molar refractivity (Wildman–Crippen MR) is 68.3 cm³/mol. The Morgan fingerprint density at radius 3 is 2.94 bits per heavy atom. The Morgan fingerprint density at radius 1 is 1.28 bits per heavy atom. The van der Waals surface area contributed by atoms with Crippen LogP contribution >= 0.6 is 0 Å². The highest BCUT2D eigenvalue weighted by Gasteiger charge is 2.27. The fourth-order valence-electron chi connectivity index (χ4n) is 2.79. The van der Waals surface area contributed by atoms with E-state index in [1.165, 1.54) is 12.8 Å². The van der Waals surface area contributed by atoms with Crippen LogP contribution in [0.25, 0.3) is 0 Å². The third-order valence-corrected chi connectivity index (χ3v) is 4.21. The van der Waals surface area contributed by atoms with Crippen LogP contribution in [0.3, 0.4) is 0 Å². The van der Waals surface area contributed by atoms with E-state index in [9.17, 15) is 0 Å². The number of aryl methyl sites for hydroxylation is 1. The molecule has 3 rings (SSSR count). The summed E-state index contributed by atoms with van der Waals surface area (Å²) in [5.41, 5.74) is 0.194. The molecule has 0 aromatic carbocycles. The van der Waals surface area contributed by atoms with Gasteiger partial charge >= 0.3 is 0 Å². The van der Waals surface area contributed by atoms with Gasteiger partial charge in [0, 0.05) is 31.7 Å². The Labute approximate surface area is 108 Å². The zero-order valence-electron chi connectivity index (χ0n) is 11.1. The van der Waals surface area contributed by atoms with Gasteiger partial charge in [0.05, 0.1) is 6.54 Å². The lowest BCUT2D eigenvalue weighted by atomic mass is 9.92. The molecule has 1 aromatic rings. The second-order valence-electron chi connectivity index (χ2n) is 5.67. The lowest BCUT2D eigenvalue weighted by Crippen LogP contribution is -2.46. The van der Waals surface area contributed by atoms with E-state index in [0.717, 1.165) is 57.2 Å². The van der Waals surface area contributed by atoms with Gasteiger partial charge in [0.25, 0.3) is 0 Å². The van der Waals surface area contributed by atoms with Gasteiger partial charge in [-0.1, -0.05) is 0 Å². The van der Waals surface area contributed by atoms with E-state index < -0.39 is 0 Å². The number of rotatable bonds is 3. The van der Waals surface area contributed by atoms with Crippen molar-refractivity contribution >= 4 is 0 Å². The minimum Gasteiger partial charge on any atom is -0.381 e. The number of fused-ring (bicyclic) bond motifs is 1. The van der Waals surface area contributed by atoms with Gasteiger partial charge in [-0.05, 0) is 32.6 Å². The highest BCUT2D eigenvalue weighted by atomic mass is 16.5. The lowest BCUT2D eigenvalue weighted by Gasteiger charge is -2.34. The molecule has 0 amide bonds. The molecule has 5 nitrogen and oxygen atoms in total. The molecule has 0 atom stereocenters. The van der Waals surface area contributed by atoms with E-state index in [4.69, 9.17) is 4.74 Å². The summed E-state index contributed by atoms with van der Waals surface area (Å²) >= 11 is 0. The Bertz CT molecular complexity index is 409. The molecule has 1 N–H and O–H groups in total. The first-order valence-electron chi connectivity index (χ1n) is 7.01. The number of nitrogens with zero attached hydrogens (tertiary/aromatic N) is 3. The van der Waals surface area contributed by atoms with Crippen LogP contribution in [0.2, 0.25) is 0 Å². The van der Waals surface area contributed by atoms with E-state index in [-0.39, 0.29) is 5.54 Å². The molecule has 0 radical (unpaired) electrons. The van der Waals surface area contributed by atoms with Crippen LogP contribution in [0.4, 0.5) is 0 Å². The van der Waals surface area contributed by atoms with Crippen LogP contribution < -0.4 is 5.32 Å². The van der Waals surface area contributed by atoms with Crippen molar-refractivity contribution in [2.75, 3.05) is 13.2 Å². The molecule has 0 aliphatic carbocycles. The summed E-state index contributed by atoms with van der Waals surface area (Å²) in [7, 11) is 0. The van der Waals surface area contributed by atoms with Crippen molar-refractivity contribution in [2.45, 2.75) is 57.7 Å². The Hall–Kier alpha value is -0.940. The number of aromatic nitrogens is 3. The molecule has 100 valence electrons. The average Bonchev–Trinajstić information content (AvgIpc) is 2.81. The van der Waals surface area contributed by atoms with Crippen LogP contribution in [0, 0.1) is 0 Å². The molecule has 2 aliphatic rings. The standard InChI is InChI=1S/C13H22N4O/c1-13(5-8-18-9-6-13)14-10-12-16-15-11-4-2-3-7-17(11)12/h14H,2-10H2,1H3. The van der Waals surface area contributed by atoms with Crippen molar-refractivity contribution in [3.63, 3.8) is 0 Å². The van der Waals surface area contributed by atoms with Crippen LogP contribution in [0.15, 0.2) is 0 Å². The molecule has 0 bridgehead atoms. The molecule has 0 unspecified atom stereocenters. The molecular weight excluding hydrogens is 228 g/mol. The summed E-state index contributed by atoms with van der Waals surface area (Å²) in [5.74, 6) is 2.26.